The van der Waals surface area contributed by atoms with Crippen LogP contribution in [0.25, 0.3) is 0 Å². The van der Waals surface area contributed by atoms with Gasteiger partial charge in [-0.1, -0.05) is 35.9 Å². The number of alkyl halides is 1. The molecule has 0 radical (unpaired) electrons. The molecule has 0 aliphatic rings. The molecule has 0 saturated heterocycles. The topological polar surface area (TPSA) is 63.2 Å². The lowest BCUT2D eigenvalue weighted by Gasteiger charge is -2.11. The molecule has 28 heavy (non-hydrogen) atoms. The van der Waals surface area contributed by atoms with Crippen molar-refractivity contribution in [2.75, 3.05) is 5.32 Å². The van der Waals surface area contributed by atoms with E-state index in [9.17, 15) is 9.18 Å². The number of hydrogen-bond acceptors (Lipinski definition) is 3. The predicted octanol–water partition coefficient (Wildman–Crippen LogP) is 5.11. The van der Waals surface area contributed by atoms with Crippen LogP contribution in [0.4, 0.5) is 14.9 Å². The van der Waals surface area contributed by atoms with Crippen molar-refractivity contribution in [3.8, 4) is 5.75 Å². The minimum Gasteiger partial charge on any atom is -0.487 e. The predicted molar refractivity (Wildman–Crippen MR) is 107 cm³/mol. The van der Waals surface area contributed by atoms with Gasteiger partial charge in [0.05, 0.1) is 5.02 Å². The molecule has 7 heteroatoms. The third kappa shape index (κ3) is 5.69. The molecule has 5 nitrogen and oxygen atoms in total. The van der Waals surface area contributed by atoms with Crippen LogP contribution in [0, 0.1) is 0 Å². The summed E-state index contributed by atoms with van der Waals surface area (Å²) in [6.45, 7) is 0.101. The lowest BCUT2D eigenvalue weighted by molar-refractivity contribution is 0.251. The zero-order chi connectivity index (χ0) is 19.8. The van der Waals surface area contributed by atoms with Crippen molar-refractivity contribution in [1.29, 1.82) is 0 Å². The Morgan fingerprint density at radius 1 is 1.07 bits per heavy atom. The van der Waals surface area contributed by atoms with Crippen LogP contribution in [0.1, 0.15) is 16.7 Å². The second-order valence-electron chi connectivity index (χ2n) is 6.05. The highest BCUT2D eigenvalue weighted by molar-refractivity contribution is 6.32. The first-order valence-electron chi connectivity index (χ1n) is 8.64. The van der Waals surface area contributed by atoms with Crippen LogP contribution < -0.4 is 15.4 Å². The number of aromatic nitrogens is 1. The van der Waals surface area contributed by atoms with Crippen LogP contribution in [0.3, 0.4) is 0 Å². The molecule has 0 saturated carbocycles. The first kappa shape index (κ1) is 19.6. The SMILES string of the molecule is O=C(NCc1cccnc1)Nc1ccc(COc2cc(CF)ccc2Cl)cc1. The Labute approximate surface area is 167 Å². The number of carbonyl (C=O) groups excluding carboxylic acids is 1. The highest BCUT2D eigenvalue weighted by Gasteiger charge is 2.05. The summed E-state index contributed by atoms with van der Waals surface area (Å²) < 4.78 is 18.4. The number of anilines is 1. The fourth-order valence-corrected chi connectivity index (χ4v) is 2.62. The van der Waals surface area contributed by atoms with Crippen molar-refractivity contribution in [2.45, 2.75) is 19.8 Å². The lowest BCUT2D eigenvalue weighted by Crippen LogP contribution is -2.28. The summed E-state index contributed by atoms with van der Waals surface area (Å²) in [7, 11) is 0. The first-order chi connectivity index (χ1) is 13.6. The maximum atomic E-state index is 12.8. The molecule has 0 spiro atoms. The molecule has 3 aromatic rings. The van der Waals surface area contributed by atoms with Crippen LogP contribution in [0.5, 0.6) is 5.75 Å². The number of hydrogen-bond donors (Lipinski definition) is 2. The number of carbonyl (C=O) groups is 1. The van der Waals surface area contributed by atoms with Crippen molar-refractivity contribution in [3.05, 3.63) is 88.7 Å². The van der Waals surface area contributed by atoms with Crippen molar-refractivity contribution in [1.82, 2.24) is 10.3 Å². The summed E-state index contributed by atoms with van der Waals surface area (Å²) in [5.41, 5.74) is 2.98. The van der Waals surface area contributed by atoms with Gasteiger partial charge in [-0.05, 0) is 47.0 Å². The van der Waals surface area contributed by atoms with Gasteiger partial charge >= 0.3 is 6.03 Å². The number of pyridine rings is 1. The number of nitrogens with one attached hydrogen (secondary N) is 2. The molecule has 0 aliphatic heterocycles. The largest absolute Gasteiger partial charge is 0.487 e. The Hall–Kier alpha value is -3.12. The number of amides is 2. The van der Waals surface area contributed by atoms with E-state index in [0.29, 0.717) is 28.6 Å². The van der Waals surface area contributed by atoms with Crippen LogP contribution >= 0.6 is 11.6 Å². The van der Waals surface area contributed by atoms with E-state index in [1.807, 2.05) is 24.3 Å². The van der Waals surface area contributed by atoms with E-state index in [-0.39, 0.29) is 12.6 Å². The van der Waals surface area contributed by atoms with Gasteiger partial charge in [0.1, 0.15) is 19.0 Å². The Morgan fingerprint density at radius 3 is 2.57 bits per heavy atom. The molecule has 0 atom stereocenters. The Kier molecular flexibility index (Phi) is 6.81. The summed E-state index contributed by atoms with van der Waals surface area (Å²) in [6, 6.07) is 15.5. The number of benzene rings is 2. The number of rotatable bonds is 7. The van der Waals surface area contributed by atoms with E-state index in [4.69, 9.17) is 16.3 Å². The average Bonchev–Trinajstić information content (AvgIpc) is 2.73. The van der Waals surface area contributed by atoms with Crippen molar-refractivity contribution >= 4 is 23.3 Å². The normalized spacial score (nSPS) is 10.4. The molecule has 0 aliphatic carbocycles. The highest BCUT2D eigenvalue weighted by Crippen LogP contribution is 2.27. The third-order valence-electron chi connectivity index (χ3n) is 3.93. The van der Waals surface area contributed by atoms with Crippen molar-refractivity contribution in [2.24, 2.45) is 0 Å². The van der Waals surface area contributed by atoms with Crippen LogP contribution in [-0.4, -0.2) is 11.0 Å². The molecule has 1 aromatic heterocycles. The molecule has 144 valence electrons. The second-order valence-corrected chi connectivity index (χ2v) is 6.46. The summed E-state index contributed by atoms with van der Waals surface area (Å²) >= 11 is 6.07. The standard InChI is InChI=1S/C21H19ClFN3O2/c22-19-8-5-16(11-23)10-20(19)28-14-15-3-6-18(7-4-15)26-21(27)25-13-17-2-1-9-24-12-17/h1-10,12H,11,13-14H2,(H2,25,26,27). The molecule has 0 unspecified atom stereocenters. The molecular formula is C21H19ClFN3O2. The number of ether oxygens (including phenoxy) is 1. The van der Waals surface area contributed by atoms with Gasteiger partial charge in [0.25, 0.3) is 0 Å². The van der Waals surface area contributed by atoms with E-state index in [1.54, 1.807) is 42.7 Å². The number of halogens is 2. The quantitative estimate of drug-likeness (QED) is 0.580. The fourth-order valence-electron chi connectivity index (χ4n) is 2.45. The van der Waals surface area contributed by atoms with Crippen molar-refractivity contribution < 1.29 is 13.9 Å². The van der Waals surface area contributed by atoms with Crippen molar-refractivity contribution in [3.63, 3.8) is 0 Å². The van der Waals surface area contributed by atoms with E-state index in [1.165, 1.54) is 0 Å². The number of urea groups is 1. The Balaban J connectivity index is 1.50. The zero-order valence-corrected chi connectivity index (χ0v) is 15.7. The van der Waals surface area contributed by atoms with Gasteiger partial charge < -0.3 is 15.4 Å². The molecule has 2 N–H and O–H groups in total. The Morgan fingerprint density at radius 2 is 1.86 bits per heavy atom. The van der Waals surface area contributed by atoms with Gasteiger partial charge in [-0.25, -0.2) is 9.18 Å². The second kappa shape index (κ2) is 9.71. The van der Waals surface area contributed by atoms with Gasteiger partial charge in [0, 0.05) is 24.6 Å². The van der Waals surface area contributed by atoms with E-state index < -0.39 is 6.67 Å². The molecule has 1 heterocycles. The van der Waals surface area contributed by atoms with Gasteiger partial charge in [-0.2, -0.15) is 0 Å². The molecule has 2 aromatic carbocycles. The average molecular weight is 400 g/mol. The Bertz CT molecular complexity index is 921. The van der Waals surface area contributed by atoms with Gasteiger partial charge in [0.15, 0.2) is 0 Å². The van der Waals surface area contributed by atoms with E-state index in [2.05, 4.69) is 15.6 Å². The molecule has 0 fully saturated rings. The van der Waals surface area contributed by atoms with Crippen LogP contribution in [0.2, 0.25) is 5.02 Å². The summed E-state index contributed by atoms with van der Waals surface area (Å²) in [6.07, 6.45) is 3.38. The summed E-state index contributed by atoms with van der Waals surface area (Å²) in [5, 5.41) is 5.96. The van der Waals surface area contributed by atoms with Gasteiger partial charge in [-0.3, -0.25) is 4.98 Å². The fraction of sp³-hybridized carbons (Fsp3) is 0.143. The minimum atomic E-state index is -0.573. The maximum absolute atomic E-state index is 12.8. The summed E-state index contributed by atoms with van der Waals surface area (Å²) in [5.74, 6) is 0.439. The smallest absolute Gasteiger partial charge is 0.319 e. The highest BCUT2D eigenvalue weighted by atomic mass is 35.5. The van der Waals surface area contributed by atoms with E-state index in [0.717, 1.165) is 11.1 Å². The van der Waals surface area contributed by atoms with Gasteiger partial charge in [-0.15, -0.1) is 0 Å². The van der Waals surface area contributed by atoms with Gasteiger partial charge in [0.2, 0.25) is 0 Å². The molecule has 2 amide bonds. The number of nitrogens with zero attached hydrogens (tertiary/aromatic N) is 1. The molecular weight excluding hydrogens is 381 g/mol. The zero-order valence-electron chi connectivity index (χ0n) is 15.0. The third-order valence-corrected chi connectivity index (χ3v) is 4.24. The minimum absolute atomic E-state index is 0.281. The molecule has 3 rings (SSSR count). The van der Waals surface area contributed by atoms with Crippen LogP contribution in [-0.2, 0) is 19.8 Å². The monoisotopic (exact) mass is 399 g/mol. The lowest BCUT2D eigenvalue weighted by atomic mass is 10.2. The molecule has 0 bridgehead atoms. The first-order valence-corrected chi connectivity index (χ1v) is 9.02. The maximum Gasteiger partial charge on any atom is 0.319 e. The summed E-state index contributed by atoms with van der Waals surface area (Å²) in [4.78, 5) is 16.0. The van der Waals surface area contributed by atoms with Crippen LogP contribution in [0.15, 0.2) is 67.0 Å². The van der Waals surface area contributed by atoms with E-state index >= 15 is 0 Å².